The Morgan fingerprint density at radius 1 is 1.26 bits per heavy atom. The number of rotatable bonds is 3. The highest BCUT2D eigenvalue weighted by molar-refractivity contribution is 5.82. The van der Waals surface area contributed by atoms with Gasteiger partial charge in [0.15, 0.2) is 5.96 Å². The zero-order valence-corrected chi connectivity index (χ0v) is 17.2. The Morgan fingerprint density at radius 2 is 1.96 bits per heavy atom. The van der Waals surface area contributed by atoms with Gasteiger partial charge >= 0.3 is 6.09 Å². The van der Waals surface area contributed by atoms with Crippen LogP contribution in [0.5, 0.6) is 0 Å². The minimum Gasteiger partial charge on any atom is -0.444 e. The summed E-state index contributed by atoms with van der Waals surface area (Å²) in [6, 6.07) is 6.69. The van der Waals surface area contributed by atoms with Crippen LogP contribution >= 0.6 is 0 Å². The number of benzene rings is 1. The summed E-state index contributed by atoms with van der Waals surface area (Å²) in [5, 5.41) is 3.51. The number of carbonyl (C=O) groups is 1. The molecule has 0 bridgehead atoms. The van der Waals surface area contributed by atoms with Crippen LogP contribution < -0.4 is 5.32 Å². The molecule has 6 heteroatoms. The number of nitrogens with zero attached hydrogens (tertiary/aromatic N) is 3. The van der Waals surface area contributed by atoms with Crippen LogP contribution in [0.2, 0.25) is 0 Å². The summed E-state index contributed by atoms with van der Waals surface area (Å²) >= 11 is 0. The van der Waals surface area contributed by atoms with Gasteiger partial charge in [0.2, 0.25) is 0 Å². The minimum atomic E-state index is -0.458. The molecule has 2 aliphatic rings. The van der Waals surface area contributed by atoms with Gasteiger partial charge in [0, 0.05) is 26.2 Å². The van der Waals surface area contributed by atoms with E-state index in [1.165, 1.54) is 16.7 Å². The zero-order chi connectivity index (χ0) is 19.6. The van der Waals surface area contributed by atoms with Crippen molar-refractivity contribution >= 4 is 12.1 Å². The van der Waals surface area contributed by atoms with Gasteiger partial charge in [-0.2, -0.15) is 0 Å². The van der Waals surface area contributed by atoms with Crippen molar-refractivity contribution in [3.63, 3.8) is 0 Å². The molecule has 1 aromatic rings. The van der Waals surface area contributed by atoms with E-state index in [1.807, 2.05) is 25.7 Å². The van der Waals surface area contributed by atoms with Crippen LogP contribution in [0.1, 0.15) is 37.5 Å². The number of ether oxygens (including phenoxy) is 1. The number of nitrogens with one attached hydrogen (secondary N) is 1. The molecule has 1 atom stereocenters. The minimum absolute atomic E-state index is 0.224. The Labute approximate surface area is 162 Å². The van der Waals surface area contributed by atoms with Gasteiger partial charge in [-0.05, 0) is 57.7 Å². The molecule has 1 unspecified atom stereocenters. The van der Waals surface area contributed by atoms with Crippen LogP contribution in [0.25, 0.3) is 0 Å². The number of aliphatic imine (C=N–C) groups is 1. The van der Waals surface area contributed by atoms with E-state index in [2.05, 4.69) is 47.3 Å². The van der Waals surface area contributed by atoms with E-state index >= 15 is 0 Å². The molecule has 0 aliphatic carbocycles. The molecular formula is C21H32N4O2. The van der Waals surface area contributed by atoms with E-state index < -0.39 is 5.60 Å². The number of hydrogen-bond donors (Lipinski definition) is 1. The number of piperazine rings is 1. The van der Waals surface area contributed by atoms with Crippen LogP contribution in [-0.4, -0.2) is 66.2 Å². The van der Waals surface area contributed by atoms with Crippen LogP contribution in [-0.2, 0) is 11.2 Å². The monoisotopic (exact) mass is 372 g/mol. The summed E-state index contributed by atoms with van der Waals surface area (Å²) < 4.78 is 5.50. The lowest BCUT2D eigenvalue weighted by molar-refractivity contribution is 0.0137. The van der Waals surface area contributed by atoms with E-state index in [9.17, 15) is 4.79 Å². The predicted molar refractivity (Wildman–Crippen MR) is 108 cm³/mol. The molecule has 0 aromatic heterocycles. The van der Waals surface area contributed by atoms with Gasteiger partial charge in [0.25, 0.3) is 0 Å². The number of guanidine groups is 1. The predicted octanol–water partition coefficient (Wildman–Crippen LogP) is 2.73. The Balaban J connectivity index is 1.50. The van der Waals surface area contributed by atoms with Crippen molar-refractivity contribution in [1.82, 2.24) is 15.1 Å². The van der Waals surface area contributed by atoms with E-state index in [1.54, 1.807) is 0 Å². The van der Waals surface area contributed by atoms with Crippen LogP contribution in [0.3, 0.4) is 0 Å². The maximum absolute atomic E-state index is 12.3. The quantitative estimate of drug-likeness (QED) is 0.886. The second kappa shape index (κ2) is 7.79. The molecule has 1 N–H and O–H groups in total. The third kappa shape index (κ3) is 4.73. The fourth-order valence-corrected chi connectivity index (χ4v) is 3.77. The fraction of sp³-hybridized carbons (Fsp3) is 0.619. The average Bonchev–Trinajstić information content (AvgIpc) is 2.98. The highest BCUT2D eigenvalue weighted by Crippen LogP contribution is 2.19. The third-order valence-electron chi connectivity index (χ3n) is 5.16. The summed E-state index contributed by atoms with van der Waals surface area (Å²) in [5.41, 5.74) is 3.64. The average molecular weight is 373 g/mol. The second-order valence-electron chi connectivity index (χ2n) is 8.49. The summed E-state index contributed by atoms with van der Waals surface area (Å²) in [5.74, 6) is 0.968. The van der Waals surface area contributed by atoms with Crippen molar-refractivity contribution in [3.05, 3.63) is 34.9 Å². The molecule has 148 valence electrons. The van der Waals surface area contributed by atoms with Crippen molar-refractivity contribution in [1.29, 1.82) is 0 Å². The molecule has 1 fully saturated rings. The maximum atomic E-state index is 12.3. The first-order chi connectivity index (χ1) is 12.7. The second-order valence-corrected chi connectivity index (χ2v) is 8.49. The Kier molecular flexibility index (Phi) is 5.63. The molecule has 0 spiro atoms. The van der Waals surface area contributed by atoms with Crippen molar-refractivity contribution in [2.45, 2.75) is 52.7 Å². The maximum Gasteiger partial charge on any atom is 0.410 e. The third-order valence-corrected chi connectivity index (χ3v) is 5.16. The van der Waals surface area contributed by atoms with Crippen LogP contribution in [0.4, 0.5) is 4.79 Å². The fourth-order valence-electron chi connectivity index (χ4n) is 3.77. The number of amides is 1. The van der Waals surface area contributed by atoms with Gasteiger partial charge in [0.1, 0.15) is 5.60 Å². The Hall–Kier alpha value is -2.24. The molecule has 2 heterocycles. The summed E-state index contributed by atoms with van der Waals surface area (Å²) in [7, 11) is 0. The van der Waals surface area contributed by atoms with E-state index in [0.29, 0.717) is 13.1 Å². The molecule has 3 rings (SSSR count). The van der Waals surface area contributed by atoms with E-state index in [4.69, 9.17) is 4.74 Å². The Bertz CT molecular complexity index is 703. The van der Waals surface area contributed by atoms with Crippen molar-refractivity contribution < 1.29 is 9.53 Å². The zero-order valence-electron chi connectivity index (χ0n) is 17.2. The van der Waals surface area contributed by atoms with Gasteiger partial charge in [0.05, 0.1) is 12.6 Å². The van der Waals surface area contributed by atoms with E-state index in [0.717, 1.165) is 32.0 Å². The first-order valence-electron chi connectivity index (χ1n) is 9.82. The highest BCUT2D eigenvalue weighted by Gasteiger charge is 2.36. The highest BCUT2D eigenvalue weighted by atomic mass is 16.6. The van der Waals surface area contributed by atoms with Crippen molar-refractivity contribution in [2.24, 2.45) is 4.99 Å². The van der Waals surface area contributed by atoms with E-state index in [-0.39, 0.29) is 12.1 Å². The van der Waals surface area contributed by atoms with Crippen LogP contribution in [0.15, 0.2) is 23.2 Å². The number of aryl methyl sites for hydroxylation is 2. The first-order valence-corrected chi connectivity index (χ1v) is 9.82. The first kappa shape index (κ1) is 19.5. The molecule has 1 aromatic carbocycles. The molecule has 1 amide bonds. The van der Waals surface area contributed by atoms with Crippen LogP contribution in [0, 0.1) is 13.8 Å². The SMILES string of the molecule is Cc1cccc(C)c1CCNC1=NCC2CN(C(=O)OC(C)(C)C)CCN12. The van der Waals surface area contributed by atoms with Gasteiger partial charge in [-0.1, -0.05) is 18.2 Å². The van der Waals surface area contributed by atoms with Gasteiger partial charge in [-0.3, -0.25) is 4.99 Å². The summed E-state index contributed by atoms with van der Waals surface area (Å²) in [6.07, 6.45) is 0.763. The molecule has 2 aliphatic heterocycles. The molecule has 27 heavy (non-hydrogen) atoms. The van der Waals surface area contributed by atoms with Gasteiger partial charge in [-0.25, -0.2) is 4.79 Å². The lowest BCUT2D eigenvalue weighted by Gasteiger charge is -2.39. The Morgan fingerprint density at radius 3 is 2.63 bits per heavy atom. The lowest BCUT2D eigenvalue weighted by Crippen LogP contribution is -2.57. The van der Waals surface area contributed by atoms with Gasteiger partial charge in [-0.15, -0.1) is 0 Å². The molecule has 0 saturated carbocycles. The largest absolute Gasteiger partial charge is 0.444 e. The van der Waals surface area contributed by atoms with Gasteiger partial charge < -0.3 is 19.9 Å². The lowest BCUT2D eigenvalue weighted by atomic mass is 10.0. The molecule has 0 radical (unpaired) electrons. The number of carbonyl (C=O) groups excluding carboxylic acids is 1. The molecular weight excluding hydrogens is 340 g/mol. The summed E-state index contributed by atoms with van der Waals surface area (Å²) in [4.78, 5) is 21.1. The number of hydrogen-bond acceptors (Lipinski definition) is 5. The normalized spacial score (nSPS) is 19.6. The van der Waals surface area contributed by atoms with Crippen molar-refractivity contribution in [3.8, 4) is 0 Å². The topological polar surface area (TPSA) is 57.2 Å². The molecule has 1 saturated heterocycles. The smallest absolute Gasteiger partial charge is 0.410 e. The number of fused-ring (bicyclic) bond motifs is 1. The van der Waals surface area contributed by atoms with Crippen molar-refractivity contribution in [2.75, 3.05) is 32.7 Å². The summed E-state index contributed by atoms with van der Waals surface area (Å²) in [6.45, 7) is 13.8. The standard InChI is InChI=1S/C21H32N4O2/c1-15-7-6-8-16(2)18(15)9-10-22-19-23-13-17-14-24(11-12-25(17)19)20(26)27-21(3,4)5/h6-8,17H,9-14H2,1-5H3,(H,22,23). The molecule has 6 nitrogen and oxygen atoms in total.